The van der Waals surface area contributed by atoms with Gasteiger partial charge in [0.05, 0.1) is 24.2 Å². The zero-order chi connectivity index (χ0) is 17.2. The summed E-state index contributed by atoms with van der Waals surface area (Å²) in [5, 5.41) is 0. The Morgan fingerprint density at radius 3 is 2.72 bits per heavy atom. The molecule has 0 spiro atoms. The third-order valence-electron chi connectivity index (χ3n) is 4.59. The van der Waals surface area contributed by atoms with Crippen molar-refractivity contribution in [2.75, 3.05) is 26.3 Å². The highest BCUT2D eigenvalue weighted by atomic mass is 16.5. The molecule has 1 aliphatic heterocycles. The van der Waals surface area contributed by atoms with E-state index in [-0.39, 0.29) is 5.91 Å². The molecule has 0 aliphatic carbocycles. The van der Waals surface area contributed by atoms with Crippen molar-refractivity contribution in [2.45, 2.75) is 13.5 Å². The second-order valence-electron chi connectivity index (χ2n) is 6.37. The van der Waals surface area contributed by atoms with Crippen molar-refractivity contribution in [1.29, 1.82) is 0 Å². The van der Waals surface area contributed by atoms with Crippen LogP contribution in [0.15, 0.2) is 48.5 Å². The summed E-state index contributed by atoms with van der Waals surface area (Å²) in [6, 6.07) is 16.2. The Kier molecular flexibility index (Phi) is 4.24. The van der Waals surface area contributed by atoms with E-state index in [1.165, 1.54) is 5.56 Å². The highest BCUT2D eigenvalue weighted by Gasteiger charge is 2.20. The number of rotatable bonds is 3. The summed E-state index contributed by atoms with van der Waals surface area (Å²) in [4.78, 5) is 19.4. The fourth-order valence-corrected chi connectivity index (χ4v) is 3.29. The van der Waals surface area contributed by atoms with Crippen LogP contribution >= 0.6 is 0 Å². The minimum atomic E-state index is 0.111. The SMILES string of the molecule is Cc1cccc(-c2nc3ccccc3n2CC(=O)N2CCOCC2)c1. The number of aromatic nitrogens is 2. The highest BCUT2D eigenvalue weighted by Crippen LogP contribution is 2.25. The first-order valence-electron chi connectivity index (χ1n) is 8.60. The summed E-state index contributed by atoms with van der Waals surface area (Å²) in [5.41, 5.74) is 4.11. The van der Waals surface area contributed by atoms with Crippen LogP contribution in [-0.4, -0.2) is 46.7 Å². The van der Waals surface area contributed by atoms with Gasteiger partial charge in [-0.2, -0.15) is 0 Å². The highest BCUT2D eigenvalue weighted by molar-refractivity contribution is 5.84. The lowest BCUT2D eigenvalue weighted by Crippen LogP contribution is -2.42. The van der Waals surface area contributed by atoms with Gasteiger partial charge in [0.1, 0.15) is 12.4 Å². The van der Waals surface area contributed by atoms with E-state index >= 15 is 0 Å². The average Bonchev–Trinajstić information content (AvgIpc) is 3.01. The largest absolute Gasteiger partial charge is 0.378 e. The van der Waals surface area contributed by atoms with Gasteiger partial charge >= 0.3 is 0 Å². The van der Waals surface area contributed by atoms with Gasteiger partial charge in [0.15, 0.2) is 0 Å². The topological polar surface area (TPSA) is 47.4 Å². The van der Waals surface area contributed by atoms with Crippen LogP contribution in [0.5, 0.6) is 0 Å². The van der Waals surface area contributed by atoms with Crippen molar-refractivity contribution in [1.82, 2.24) is 14.5 Å². The summed E-state index contributed by atoms with van der Waals surface area (Å²) in [6.07, 6.45) is 0. The van der Waals surface area contributed by atoms with Crippen LogP contribution in [0.25, 0.3) is 22.4 Å². The quantitative estimate of drug-likeness (QED) is 0.739. The molecule has 128 valence electrons. The van der Waals surface area contributed by atoms with Crippen LogP contribution in [0.1, 0.15) is 5.56 Å². The molecule has 0 bridgehead atoms. The molecule has 0 unspecified atom stereocenters. The average molecular weight is 335 g/mol. The number of para-hydroxylation sites is 2. The first-order valence-corrected chi connectivity index (χ1v) is 8.60. The van der Waals surface area contributed by atoms with Crippen molar-refractivity contribution in [3.63, 3.8) is 0 Å². The van der Waals surface area contributed by atoms with Crippen LogP contribution in [0.3, 0.4) is 0 Å². The van der Waals surface area contributed by atoms with Gasteiger partial charge in [-0.05, 0) is 25.1 Å². The Balaban J connectivity index is 1.75. The van der Waals surface area contributed by atoms with E-state index in [2.05, 4.69) is 19.1 Å². The molecule has 4 rings (SSSR count). The number of morpholine rings is 1. The monoisotopic (exact) mass is 335 g/mol. The van der Waals surface area contributed by atoms with E-state index in [0.29, 0.717) is 32.8 Å². The lowest BCUT2D eigenvalue weighted by molar-refractivity contribution is -0.135. The molecule has 0 N–H and O–H groups in total. The Morgan fingerprint density at radius 1 is 1.12 bits per heavy atom. The second kappa shape index (κ2) is 6.69. The van der Waals surface area contributed by atoms with Gasteiger partial charge in [-0.25, -0.2) is 4.98 Å². The number of fused-ring (bicyclic) bond motifs is 1. The number of carbonyl (C=O) groups excluding carboxylic acids is 1. The number of hydrogen-bond acceptors (Lipinski definition) is 3. The molecule has 5 nitrogen and oxygen atoms in total. The zero-order valence-corrected chi connectivity index (χ0v) is 14.3. The first-order chi connectivity index (χ1) is 12.2. The molecule has 2 aromatic carbocycles. The zero-order valence-electron chi connectivity index (χ0n) is 14.3. The number of imidazole rings is 1. The van der Waals surface area contributed by atoms with Crippen molar-refractivity contribution in [2.24, 2.45) is 0 Å². The van der Waals surface area contributed by atoms with E-state index in [1.54, 1.807) is 0 Å². The van der Waals surface area contributed by atoms with Gasteiger partial charge in [0.25, 0.3) is 0 Å². The molecule has 1 aromatic heterocycles. The van der Waals surface area contributed by atoms with Gasteiger partial charge in [-0.15, -0.1) is 0 Å². The lowest BCUT2D eigenvalue weighted by atomic mass is 10.1. The maximum Gasteiger partial charge on any atom is 0.242 e. The van der Waals surface area contributed by atoms with Crippen LogP contribution < -0.4 is 0 Å². The number of carbonyl (C=O) groups is 1. The Morgan fingerprint density at radius 2 is 1.92 bits per heavy atom. The predicted octanol–water partition coefficient (Wildman–Crippen LogP) is 2.87. The molecule has 1 fully saturated rings. The summed E-state index contributed by atoms with van der Waals surface area (Å²) >= 11 is 0. The molecule has 1 amide bonds. The molecular formula is C20H21N3O2. The van der Waals surface area contributed by atoms with Gasteiger partial charge < -0.3 is 14.2 Å². The maximum atomic E-state index is 12.8. The number of nitrogens with zero attached hydrogens (tertiary/aromatic N) is 3. The summed E-state index contributed by atoms with van der Waals surface area (Å²) < 4.78 is 7.38. The summed E-state index contributed by atoms with van der Waals surface area (Å²) in [7, 11) is 0. The van der Waals surface area contributed by atoms with Crippen molar-refractivity contribution >= 4 is 16.9 Å². The number of aryl methyl sites for hydroxylation is 1. The molecule has 3 aromatic rings. The molecule has 1 aliphatic rings. The van der Waals surface area contributed by atoms with Crippen molar-refractivity contribution in [3.05, 3.63) is 54.1 Å². The Labute approximate surface area is 146 Å². The van der Waals surface area contributed by atoms with Crippen LogP contribution in [0, 0.1) is 6.92 Å². The van der Waals surface area contributed by atoms with Gasteiger partial charge in [0, 0.05) is 18.7 Å². The van der Waals surface area contributed by atoms with Crippen LogP contribution in [-0.2, 0) is 16.1 Å². The van der Waals surface area contributed by atoms with Gasteiger partial charge in [-0.1, -0.05) is 35.9 Å². The minimum Gasteiger partial charge on any atom is -0.378 e. The maximum absolute atomic E-state index is 12.8. The summed E-state index contributed by atoms with van der Waals surface area (Å²) in [6.45, 7) is 4.90. The number of hydrogen-bond donors (Lipinski definition) is 0. The van der Waals surface area contributed by atoms with Gasteiger partial charge in [0.2, 0.25) is 5.91 Å². The molecule has 0 radical (unpaired) electrons. The third kappa shape index (κ3) is 3.15. The van der Waals surface area contributed by atoms with Crippen molar-refractivity contribution < 1.29 is 9.53 Å². The molecule has 1 saturated heterocycles. The van der Waals surface area contributed by atoms with E-state index < -0.39 is 0 Å². The lowest BCUT2D eigenvalue weighted by Gasteiger charge is -2.27. The van der Waals surface area contributed by atoms with E-state index in [0.717, 1.165) is 22.4 Å². The molecule has 0 atom stereocenters. The van der Waals surface area contributed by atoms with E-state index in [1.807, 2.05) is 45.9 Å². The minimum absolute atomic E-state index is 0.111. The number of ether oxygens (including phenoxy) is 1. The molecule has 25 heavy (non-hydrogen) atoms. The van der Waals surface area contributed by atoms with Crippen molar-refractivity contribution in [3.8, 4) is 11.4 Å². The van der Waals surface area contributed by atoms with Crippen LogP contribution in [0.2, 0.25) is 0 Å². The first kappa shape index (κ1) is 15.8. The van der Waals surface area contributed by atoms with Crippen LogP contribution in [0.4, 0.5) is 0 Å². The third-order valence-corrected chi connectivity index (χ3v) is 4.59. The normalized spacial score (nSPS) is 14.8. The van der Waals surface area contributed by atoms with Gasteiger partial charge in [-0.3, -0.25) is 4.79 Å². The molecular weight excluding hydrogens is 314 g/mol. The predicted molar refractivity (Wildman–Crippen MR) is 97.3 cm³/mol. The van der Waals surface area contributed by atoms with E-state index in [4.69, 9.17) is 9.72 Å². The smallest absolute Gasteiger partial charge is 0.242 e. The fraction of sp³-hybridized carbons (Fsp3) is 0.300. The standard InChI is InChI=1S/C20H21N3O2/c1-15-5-4-6-16(13-15)20-21-17-7-2-3-8-18(17)23(20)14-19(24)22-9-11-25-12-10-22/h2-8,13H,9-12,14H2,1H3. The number of benzene rings is 2. The fourth-order valence-electron chi connectivity index (χ4n) is 3.29. The molecule has 2 heterocycles. The number of amides is 1. The van der Waals surface area contributed by atoms with E-state index in [9.17, 15) is 4.79 Å². The molecule has 5 heteroatoms. The second-order valence-corrected chi connectivity index (χ2v) is 6.37. The Bertz CT molecular complexity index is 910. The summed E-state index contributed by atoms with van der Waals surface area (Å²) in [5.74, 6) is 0.951. The Hall–Kier alpha value is -2.66. The molecule has 0 saturated carbocycles.